The highest BCUT2D eigenvalue weighted by atomic mass is 16.5. The van der Waals surface area contributed by atoms with Gasteiger partial charge >= 0.3 is 0 Å². The number of methoxy groups -OCH3 is 3. The first-order valence-electron chi connectivity index (χ1n) is 6.49. The molecule has 0 bridgehead atoms. The lowest BCUT2D eigenvalue weighted by molar-refractivity contribution is 0.0879. The van der Waals surface area contributed by atoms with Crippen LogP contribution in [0.25, 0.3) is 0 Å². The van der Waals surface area contributed by atoms with Crippen LogP contribution in [-0.4, -0.2) is 51.6 Å². The first-order valence-corrected chi connectivity index (χ1v) is 6.49. The van der Waals surface area contributed by atoms with Crippen molar-refractivity contribution in [2.45, 2.75) is 12.5 Å². The normalized spacial score (nSPS) is 11.8. The summed E-state index contributed by atoms with van der Waals surface area (Å²) in [6.07, 6.45) is 0.396. The molecule has 7 nitrogen and oxygen atoms in total. The van der Waals surface area contributed by atoms with Gasteiger partial charge in [0.15, 0.2) is 11.5 Å². The molecule has 0 saturated heterocycles. The second-order valence-corrected chi connectivity index (χ2v) is 4.43. The van der Waals surface area contributed by atoms with Crippen LogP contribution < -0.4 is 20.5 Å². The fourth-order valence-electron chi connectivity index (χ4n) is 1.91. The van der Waals surface area contributed by atoms with Crippen molar-refractivity contribution in [1.82, 2.24) is 5.32 Å². The molecule has 4 N–H and O–H groups in total. The third-order valence-corrected chi connectivity index (χ3v) is 2.98. The molecule has 1 unspecified atom stereocenters. The molecule has 0 aliphatic carbocycles. The van der Waals surface area contributed by atoms with Crippen LogP contribution >= 0.6 is 0 Å². The van der Waals surface area contributed by atoms with Crippen LogP contribution in [0.15, 0.2) is 12.1 Å². The molecule has 0 radical (unpaired) electrons. The molecule has 1 atom stereocenters. The van der Waals surface area contributed by atoms with E-state index in [4.69, 9.17) is 25.1 Å². The topological polar surface area (TPSA) is 103 Å². The molecular formula is C14H22N2O5. The molecule has 0 spiro atoms. The Morgan fingerprint density at radius 3 is 2.43 bits per heavy atom. The van der Waals surface area contributed by atoms with E-state index in [1.165, 1.54) is 33.5 Å². The molecule has 1 aromatic rings. The SMILES string of the molecule is COCC(CCO)NC(=O)c1cc(OC)c(OC)cc1N. The second kappa shape index (κ2) is 8.33. The van der Waals surface area contributed by atoms with Crippen LogP contribution in [0.5, 0.6) is 11.5 Å². The maximum atomic E-state index is 12.3. The number of nitrogens with one attached hydrogen (secondary N) is 1. The Hall–Kier alpha value is -1.99. The number of rotatable bonds is 8. The zero-order valence-electron chi connectivity index (χ0n) is 12.5. The maximum Gasteiger partial charge on any atom is 0.253 e. The summed E-state index contributed by atoms with van der Waals surface area (Å²) >= 11 is 0. The van der Waals surface area contributed by atoms with E-state index >= 15 is 0 Å². The van der Waals surface area contributed by atoms with Gasteiger partial charge in [-0.25, -0.2) is 0 Å². The van der Waals surface area contributed by atoms with Crippen molar-refractivity contribution in [3.05, 3.63) is 17.7 Å². The Balaban J connectivity index is 2.95. The van der Waals surface area contributed by atoms with Gasteiger partial charge in [0.1, 0.15) is 0 Å². The monoisotopic (exact) mass is 298 g/mol. The van der Waals surface area contributed by atoms with Crippen molar-refractivity contribution < 1.29 is 24.1 Å². The summed E-state index contributed by atoms with van der Waals surface area (Å²) in [7, 11) is 4.50. The highest BCUT2D eigenvalue weighted by molar-refractivity contribution is 6.00. The van der Waals surface area contributed by atoms with Gasteiger partial charge in [0, 0.05) is 25.5 Å². The number of aliphatic hydroxyl groups excluding tert-OH is 1. The molecule has 1 amide bonds. The summed E-state index contributed by atoms with van der Waals surface area (Å²) in [5.74, 6) is 0.515. The molecule has 1 aromatic carbocycles. The summed E-state index contributed by atoms with van der Waals surface area (Å²) in [5, 5.41) is 11.7. The lowest BCUT2D eigenvalue weighted by Crippen LogP contribution is -2.39. The summed E-state index contributed by atoms with van der Waals surface area (Å²) in [4.78, 5) is 12.3. The van der Waals surface area contributed by atoms with E-state index in [9.17, 15) is 4.79 Å². The van der Waals surface area contributed by atoms with Gasteiger partial charge in [0.25, 0.3) is 5.91 Å². The second-order valence-electron chi connectivity index (χ2n) is 4.43. The van der Waals surface area contributed by atoms with Crippen LogP contribution in [0.4, 0.5) is 5.69 Å². The molecule has 0 saturated carbocycles. The molecule has 0 aliphatic heterocycles. The molecule has 1 rings (SSSR count). The molecule has 0 fully saturated rings. The van der Waals surface area contributed by atoms with Crippen molar-refractivity contribution in [3.8, 4) is 11.5 Å². The van der Waals surface area contributed by atoms with Gasteiger partial charge in [-0.1, -0.05) is 0 Å². The number of carbonyl (C=O) groups is 1. The Morgan fingerprint density at radius 2 is 1.90 bits per heavy atom. The van der Waals surface area contributed by atoms with Gasteiger partial charge in [-0.05, 0) is 12.5 Å². The molecule has 0 aliphatic rings. The number of nitrogen functional groups attached to an aromatic ring is 1. The number of ether oxygens (including phenoxy) is 3. The van der Waals surface area contributed by atoms with Crippen molar-refractivity contribution in [2.75, 3.05) is 40.3 Å². The molecular weight excluding hydrogens is 276 g/mol. The number of carbonyl (C=O) groups excluding carboxylic acids is 1. The number of hydrogen-bond acceptors (Lipinski definition) is 6. The molecule has 21 heavy (non-hydrogen) atoms. The average molecular weight is 298 g/mol. The van der Waals surface area contributed by atoms with E-state index in [2.05, 4.69) is 5.32 Å². The molecule has 0 heterocycles. The van der Waals surface area contributed by atoms with E-state index in [1.54, 1.807) is 0 Å². The Bertz CT molecular complexity index is 473. The molecule has 0 aromatic heterocycles. The zero-order valence-corrected chi connectivity index (χ0v) is 12.5. The minimum atomic E-state index is -0.357. The number of amides is 1. The van der Waals surface area contributed by atoms with Crippen molar-refractivity contribution in [1.29, 1.82) is 0 Å². The predicted octanol–water partition coefficient (Wildman–Crippen LogP) is 0.413. The smallest absolute Gasteiger partial charge is 0.253 e. The fourth-order valence-corrected chi connectivity index (χ4v) is 1.91. The van der Waals surface area contributed by atoms with E-state index < -0.39 is 0 Å². The first kappa shape index (κ1) is 17.1. The predicted molar refractivity (Wildman–Crippen MR) is 78.8 cm³/mol. The number of aliphatic hydroxyl groups is 1. The Morgan fingerprint density at radius 1 is 1.29 bits per heavy atom. The van der Waals surface area contributed by atoms with Gasteiger partial charge in [-0.15, -0.1) is 0 Å². The van der Waals surface area contributed by atoms with E-state index in [0.29, 0.717) is 24.5 Å². The Kier molecular flexibility index (Phi) is 6.77. The van der Waals surface area contributed by atoms with Crippen molar-refractivity contribution in [2.24, 2.45) is 0 Å². The van der Waals surface area contributed by atoms with Crippen LogP contribution in [-0.2, 0) is 4.74 Å². The first-order chi connectivity index (χ1) is 10.1. The number of hydrogen-bond donors (Lipinski definition) is 3. The lowest BCUT2D eigenvalue weighted by atomic mass is 10.1. The van der Waals surface area contributed by atoms with Gasteiger partial charge in [-0.3, -0.25) is 4.79 Å². The third-order valence-electron chi connectivity index (χ3n) is 2.98. The fraction of sp³-hybridized carbons (Fsp3) is 0.500. The minimum absolute atomic E-state index is 0.0459. The standard InChI is InChI=1S/C14H22N2O5/c1-19-8-9(4-5-17)16-14(18)10-6-12(20-2)13(21-3)7-11(10)15/h6-7,9,17H,4-5,8,15H2,1-3H3,(H,16,18). The Labute approximate surface area is 124 Å². The lowest BCUT2D eigenvalue weighted by Gasteiger charge is -2.18. The van der Waals surface area contributed by atoms with Gasteiger partial charge in [0.05, 0.1) is 32.4 Å². The number of benzene rings is 1. The van der Waals surface area contributed by atoms with Crippen LogP contribution in [0, 0.1) is 0 Å². The van der Waals surface area contributed by atoms with E-state index in [0.717, 1.165) is 0 Å². The summed E-state index contributed by atoms with van der Waals surface area (Å²) in [6, 6.07) is 2.76. The van der Waals surface area contributed by atoms with Crippen LogP contribution in [0.3, 0.4) is 0 Å². The van der Waals surface area contributed by atoms with Gasteiger partial charge in [0.2, 0.25) is 0 Å². The van der Waals surface area contributed by atoms with Crippen LogP contribution in [0.2, 0.25) is 0 Å². The molecule has 7 heteroatoms. The largest absolute Gasteiger partial charge is 0.493 e. The van der Waals surface area contributed by atoms with E-state index in [-0.39, 0.29) is 29.8 Å². The van der Waals surface area contributed by atoms with Gasteiger partial charge < -0.3 is 30.4 Å². The third kappa shape index (κ3) is 4.51. The molecule has 118 valence electrons. The van der Waals surface area contributed by atoms with E-state index in [1.807, 2.05) is 0 Å². The van der Waals surface area contributed by atoms with Crippen molar-refractivity contribution in [3.63, 3.8) is 0 Å². The number of nitrogens with two attached hydrogens (primary N) is 1. The summed E-state index contributed by atoms with van der Waals surface area (Å²) in [5.41, 5.74) is 6.43. The number of anilines is 1. The average Bonchev–Trinajstić information content (AvgIpc) is 2.47. The quantitative estimate of drug-likeness (QED) is 0.601. The zero-order chi connectivity index (χ0) is 15.8. The maximum absolute atomic E-state index is 12.3. The summed E-state index contributed by atoms with van der Waals surface area (Å²) in [6.45, 7) is 0.259. The van der Waals surface area contributed by atoms with Crippen molar-refractivity contribution >= 4 is 11.6 Å². The highest BCUT2D eigenvalue weighted by Crippen LogP contribution is 2.31. The minimum Gasteiger partial charge on any atom is -0.493 e. The highest BCUT2D eigenvalue weighted by Gasteiger charge is 2.18. The van der Waals surface area contributed by atoms with Gasteiger partial charge in [-0.2, -0.15) is 0 Å². The summed E-state index contributed by atoms with van der Waals surface area (Å²) < 4.78 is 15.3. The van der Waals surface area contributed by atoms with Crippen LogP contribution in [0.1, 0.15) is 16.8 Å².